The summed E-state index contributed by atoms with van der Waals surface area (Å²) in [5, 5.41) is 0. The van der Waals surface area contributed by atoms with E-state index in [0.29, 0.717) is 13.2 Å². The maximum atomic E-state index is 11.7. The Morgan fingerprint density at radius 2 is 1.85 bits per heavy atom. The lowest BCUT2D eigenvalue weighted by Gasteiger charge is -2.23. The smallest absolute Gasteiger partial charge is 0.236 e. The van der Waals surface area contributed by atoms with E-state index < -0.39 is 0 Å². The summed E-state index contributed by atoms with van der Waals surface area (Å²) >= 11 is 0. The molecule has 0 saturated heterocycles. The van der Waals surface area contributed by atoms with Crippen LogP contribution in [0.4, 0.5) is 5.69 Å². The zero-order valence-electron chi connectivity index (χ0n) is 12.6. The minimum Gasteiger partial charge on any atom is -0.492 e. The lowest BCUT2D eigenvalue weighted by atomic mass is 10.3. The van der Waals surface area contributed by atoms with Gasteiger partial charge in [-0.1, -0.05) is 6.92 Å². The van der Waals surface area contributed by atoms with E-state index in [1.165, 1.54) is 0 Å². The van der Waals surface area contributed by atoms with Crippen LogP contribution < -0.4 is 10.5 Å². The molecule has 2 N–H and O–H groups in total. The average Bonchev–Trinajstić information content (AvgIpc) is 2.41. The number of rotatable bonds is 8. The van der Waals surface area contributed by atoms with Crippen LogP contribution in [0.15, 0.2) is 24.3 Å². The van der Waals surface area contributed by atoms with Gasteiger partial charge in [0.15, 0.2) is 0 Å². The minimum atomic E-state index is 0.117. The molecule has 0 aliphatic carbocycles. The lowest BCUT2D eigenvalue weighted by molar-refractivity contribution is -0.130. The number of carbonyl (C=O) groups is 1. The quantitative estimate of drug-likeness (QED) is 0.732. The van der Waals surface area contributed by atoms with E-state index in [1.54, 1.807) is 19.0 Å². The number of amides is 1. The maximum absolute atomic E-state index is 11.7. The fourth-order valence-electron chi connectivity index (χ4n) is 1.78. The first kappa shape index (κ1) is 16.3. The van der Waals surface area contributed by atoms with Gasteiger partial charge >= 0.3 is 0 Å². The minimum absolute atomic E-state index is 0.117. The standard InChI is InChI=1S/C15H25N3O2/c1-4-9-18(12-15(19)17(2)3)10-11-20-14-7-5-13(16)6-8-14/h5-8H,4,9-12,16H2,1-3H3. The molecule has 1 aromatic rings. The predicted molar refractivity (Wildman–Crippen MR) is 81.8 cm³/mol. The predicted octanol–water partition coefficient (Wildman–Crippen LogP) is 1.45. The number of nitrogens with two attached hydrogens (primary N) is 1. The highest BCUT2D eigenvalue weighted by molar-refractivity contribution is 5.77. The number of likely N-dealkylation sites (N-methyl/N-ethyl adjacent to an activating group) is 1. The molecule has 0 aliphatic rings. The summed E-state index contributed by atoms with van der Waals surface area (Å²) in [5.41, 5.74) is 6.34. The van der Waals surface area contributed by atoms with Gasteiger partial charge < -0.3 is 15.4 Å². The molecule has 0 bridgehead atoms. The Morgan fingerprint density at radius 1 is 1.20 bits per heavy atom. The van der Waals surface area contributed by atoms with Crippen LogP contribution in [0.5, 0.6) is 5.75 Å². The molecule has 0 aromatic heterocycles. The van der Waals surface area contributed by atoms with Gasteiger partial charge in [-0.3, -0.25) is 9.69 Å². The number of benzene rings is 1. The van der Waals surface area contributed by atoms with E-state index in [-0.39, 0.29) is 5.91 Å². The highest BCUT2D eigenvalue weighted by Gasteiger charge is 2.11. The molecule has 5 nitrogen and oxygen atoms in total. The molecule has 1 amide bonds. The van der Waals surface area contributed by atoms with Crippen molar-refractivity contribution in [1.29, 1.82) is 0 Å². The summed E-state index contributed by atoms with van der Waals surface area (Å²) in [5.74, 6) is 0.917. The zero-order valence-corrected chi connectivity index (χ0v) is 12.6. The highest BCUT2D eigenvalue weighted by atomic mass is 16.5. The van der Waals surface area contributed by atoms with Crippen LogP contribution >= 0.6 is 0 Å². The van der Waals surface area contributed by atoms with Crippen LogP contribution in [0.25, 0.3) is 0 Å². The van der Waals surface area contributed by atoms with E-state index in [9.17, 15) is 4.79 Å². The van der Waals surface area contributed by atoms with E-state index >= 15 is 0 Å². The van der Waals surface area contributed by atoms with Gasteiger partial charge in [0.1, 0.15) is 12.4 Å². The molecule has 0 fully saturated rings. The molecule has 112 valence electrons. The van der Waals surface area contributed by atoms with Crippen molar-refractivity contribution in [2.75, 3.05) is 46.1 Å². The van der Waals surface area contributed by atoms with Crippen molar-refractivity contribution in [3.8, 4) is 5.75 Å². The van der Waals surface area contributed by atoms with Gasteiger partial charge in [-0.15, -0.1) is 0 Å². The van der Waals surface area contributed by atoms with Crippen LogP contribution in [-0.2, 0) is 4.79 Å². The Bertz CT molecular complexity index is 404. The molecular weight excluding hydrogens is 254 g/mol. The molecule has 0 radical (unpaired) electrons. The van der Waals surface area contributed by atoms with E-state index in [4.69, 9.17) is 10.5 Å². The lowest BCUT2D eigenvalue weighted by Crippen LogP contribution is -2.39. The van der Waals surface area contributed by atoms with Crippen LogP contribution in [0.2, 0.25) is 0 Å². The number of nitrogen functional groups attached to an aromatic ring is 1. The largest absolute Gasteiger partial charge is 0.492 e. The number of hydrogen-bond acceptors (Lipinski definition) is 4. The maximum Gasteiger partial charge on any atom is 0.236 e. The second kappa shape index (κ2) is 8.43. The number of anilines is 1. The molecule has 0 spiro atoms. The Kier molecular flexibility index (Phi) is 6.87. The van der Waals surface area contributed by atoms with Gasteiger partial charge in [0.2, 0.25) is 5.91 Å². The molecule has 20 heavy (non-hydrogen) atoms. The summed E-state index contributed by atoms with van der Waals surface area (Å²) in [6.45, 7) is 4.73. The van der Waals surface area contributed by atoms with Crippen molar-refractivity contribution in [3.63, 3.8) is 0 Å². The molecule has 0 heterocycles. The summed E-state index contributed by atoms with van der Waals surface area (Å²) in [7, 11) is 3.55. The third-order valence-corrected chi connectivity index (χ3v) is 2.95. The fourth-order valence-corrected chi connectivity index (χ4v) is 1.78. The second-order valence-electron chi connectivity index (χ2n) is 4.98. The molecule has 0 aliphatic heterocycles. The summed E-state index contributed by atoms with van der Waals surface area (Å²) in [4.78, 5) is 15.5. The van der Waals surface area contributed by atoms with E-state index in [1.807, 2.05) is 24.3 Å². The molecule has 0 atom stereocenters. The monoisotopic (exact) mass is 279 g/mol. The molecule has 1 rings (SSSR count). The fraction of sp³-hybridized carbons (Fsp3) is 0.533. The van der Waals surface area contributed by atoms with E-state index in [2.05, 4.69) is 11.8 Å². The Hall–Kier alpha value is -1.75. The van der Waals surface area contributed by atoms with Crippen molar-refractivity contribution in [2.45, 2.75) is 13.3 Å². The first-order valence-corrected chi connectivity index (χ1v) is 6.93. The summed E-state index contributed by atoms with van der Waals surface area (Å²) in [6, 6.07) is 7.33. The molecule has 0 saturated carbocycles. The molecule has 5 heteroatoms. The van der Waals surface area contributed by atoms with Gasteiger partial charge in [0, 0.05) is 26.3 Å². The van der Waals surface area contributed by atoms with E-state index in [0.717, 1.165) is 30.9 Å². The van der Waals surface area contributed by atoms with Crippen molar-refractivity contribution in [3.05, 3.63) is 24.3 Å². The normalized spacial score (nSPS) is 10.6. The molecule has 0 unspecified atom stereocenters. The first-order valence-electron chi connectivity index (χ1n) is 6.93. The Morgan fingerprint density at radius 3 is 2.40 bits per heavy atom. The number of hydrogen-bond donors (Lipinski definition) is 1. The van der Waals surface area contributed by atoms with Crippen molar-refractivity contribution in [2.24, 2.45) is 0 Å². The number of nitrogens with zero attached hydrogens (tertiary/aromatic N) is 2. The van der Waals surface area contributed by atoms with Gasteiger partial charge in [-0.05, 0) is 37.2 Å². The third-order valence-electron chi connectivity index (χ3n) is 2.95. The summed E-state index contributed by atoms with van der Waals surface area (Å²) in [6.07, 6.45) is 1.02. The van der Waals surface area contributed by atoms with Crippen molar-refractivity contribution >= 4 is 11.6 Å². The molecular formula is C15H25N3O2. The zero-order chi connectivity index (χ0) is 15.0. The number of ether oxygens (including phenoxy) is 1. The van der Waals surface area contributed by atoms with Crippen LogP contribution in [0.3, 0.4) is 0 Å². The first-order chi connectivity index (χ1) is 9.52. The van der Waals surface area contributed by atoms with Crippen molar-refractivity contribution < 1.29 is 9.53 Å². The molecule has 1 aromatic carbocycles. The van der Waals surface area contributed by atoms with Crippen LogP contribution in [0.1, 0.15) is 13.3 Å². The summed E-state index contributed by atoms with van der Waals surface area (Å²) < 4.78 is 5.66. The number of carbonyl (C=O) groups excluding carboxylic acids is 1. The van der Waals surface area contributed by atoms with Gasteiger partial charge in [0.05, 0.1) is 6.54 Å². The van der Waals surface area contributed by atoms with Crippen LogP contribution in [-0.4, -0.2) is 56.0 Å². The SMILES string of the molecule is CCCN(CCOc1ccc(N)cc1)CC(=O)N(C)C. The van der Waals surface area contributed by atoms with Gasteiger partial charge in [-0.25, -0.2) is 0 Å². The second-order valence-corrected chi connectivity index (χ2v) is 4.98. The average molecular weight is 279 g/mol. The van der Waals surface area contributed by atoms with Crippen molar-refractivity contribution in [1.82, 2.24) is 9.80 Å². The Balaban J connectivity index is 2.38. The highest BCUT2D eigenvalue weighted by Crippen LogP contribution is 2.12. The van der Waals surface area contributed by atoms with Gasteiger partial charge in [-0.2, -0.15) is 0 Å². The topological polar surface area (TPSA) is 58.8 Å². The Labute approximate surface area is 121 Å². The third kappa shape index (κ3) is 5.93. The van der Waals surface area contributed by atoms with Crippen LogP contribution in [0, 0.1) is 0 Å². The van der Waals surface area contributed by atoms with Gasteiger partial charge in [0.25, 0.3) is 0 Å².